The minimum atomic E-state index is -1.13. The second kappa shape index (κ2) is 4.75. The van der Waals surface area contributed by atoms with Crippen LogP contribution in [0, 0.1) is 0 Å². The normalized spacial score (nSPS) is 12.8. The van der Waals surface area contributed by atoms with Crippen molar-refractivity contribution in [2.24, 2.45) is 7.05 Å². The third kappa shape index (κ3) is 1.96. The molecule has 0 radical (unpaired) electrons. The van der Waals surface area contributed by atoms with E-state index in [-0.39, 0.29) is 6.54 Å². The predicted molar refractivity (Wildman–Crippen MR) is 66.5 cm³/mol. The van der Waals surface area contributed by atoms with E-state index in [0.717, 1.165) is 4.57 Å². The molecule has 0 amide bonds. The van der Waals surface area contributed by atoms with E-state index in [2.05, 4.69) is 0 Å². The minimum absolute atomic E-state index is 0.215. The zero-order valence-corrected chi connectivity index (χ0v) is 9.91. The molecule has 1 unspecified atom stereocenters. The van der Waals surface area contributed by atoms with Crippen molar-refractivity contribution in [1.29, 1.82) is 0 Å². The Bertz CT molecular complexity index is 687. The van der Waals surface area contributed by atoms with E-state index in [1.54, 1.807) is 31.3 Å². The molecule has 2 aromatic rings. The monoisotopic (exact) mass is 250 g/mol. The van der Waals surface area contributed by atoms with Crippen LogP contribution in [0.1, 0.15) is 0 Å². The molecule has 6 heteroatoms. The van der Waals surface area contributed by atoms with Gasteiger partial charge in [-0.15, -0.1) is 0 Å². The summed E-state index contributed by atoms with van der Waals surface area (Å²) in [6.45, 7) is -0.713. The molecule has 6 nitrogen and oxygen atoms in total. The summed E-state index contributed by atoms with van der Waals surface area (Å²) in [4.78, 5) is 24.1. The molecule has 1 aromatic carbocycles. The summed E-state index contributed by atoms with van der Waals surface area (Å²) in [6.07, 6.45) is -1.13. The van der Waals surface area contributed by atoms with Crippen LogP contribution in [0.4, 0.5) is 0 Å². The molecule has 0 saturated heterocycles. The molecule has 18 heavy (non-hydrogen) atoms. The van der Waals surface area contributed by atoms with Gasteiger partial charge in [0.05, 0.1) is 30.2 Å². The van der Waals surface area contributed by atoms with Crippen molar-refractivity contribution in [1.82, 2.24) is 9.13 Å². The van der Waals surface area contributed by atoms with Crippen molar-refractivity contribution in [3.8, 4) is 0 Å². The second-order valence-electron chi connectivity index (χ2n) is 4.11. The molecular weight excluding hydrogens is 236 g/mol. The van der Waals surface area contributed by atoms with Gasteiger partial charge in [0, 0.05) is 7.05 Å². The maximum Gasteiger partial charge on any atom is 0.331 e. The van der Waals surface area contributed by atoms with Gasteiger partial charge >= 0.3 is 5.69 Å². The van der Waals surface area contributed by atoms with Crippen molar-refractivity contribution in [2.45, 2.75) is 12.6 Å². The molecule has 2 N–H and O–H groups in total. The molecule has 1 aromatic heterocycles. The number of aryl methyl sites for hydroxylation is 1. The Morgan fingerprint density at radius 3 is 2.61 bits per heavy atom. The molecule has 1 atom stereocenters. The SMILES string of the molecule is Cn1c(=O)n(CC(O)CO)c(=O)c2ccccc21. The molecule has 0 bridgehead atoms. The zero-order valence-electron chi connectivity index (χ0n) is 9.91. The number of aromatic nitrogens is 2. The van der Waals surface area contributed by atoms with E-state index in [9.17, 15) is 14.7 Å². The molecular formula is C12H14N2O4. The number of fused-ring (bicyclic) bond motifs is 1. The molecule has 0 fully saturated rings. The minimum Gasteiger partial charge on any atom is -0.394 e. The molecule has 0 spiro atoms. The number of para-hydroxylation sites is 1. The van der Waals surface area contributed by atoms with Gasteiger partial charge in [-0.2, -0.15) is 0 Å². The highest BCUT2D eigenvalue weighted by atomic mass is 16.3. The van der Waals surface area contributed by atoms with E-state index < -0.39 is 24.0 Å². The standard InChI is InChI=1S/C12H14N2O4/c1-13-10-5-3-2-4-9(10)11(17)14(12(13)18)6-8(16)7-15/h2-5,8,15-16H,6-7H2,1H3. The summed E-state index contributed by atoms with van der Waals surface area (Å²) < 4.78 is 2.28. The van der Waals surface area contributed by atoms with E-state index in [4.69, 9.17) is 5.11 Å². The second-order valence-corrected chi connectivity index (χ2v) is 4.11. The molecule has 2 rings (SSSR count). The Morgan fingerprint density at radius 2 is 1.94 bits per heavy atom. The Hall–Kier alpha value is -1.92. The van der Waals surface area contributed by atoms with E-state index in [0.29, 0.717) is 10.9 Å². The van der Waals surface area contributed by atoms with Crippen LogP contribution in [0.3, 0.4) is 0 Å². The van der Waals surface area contributed by atoms with E-state index in [1.807, 2.05) is 0 Å². The number of rotatable bonds is 3. The molecule has 1 heterocycles. The van der Waals surface area contributed by atoms with Crippen LogP contribution in [-0.4, -0.2) is 32.1 Å². The lowest BCUT2D eigenvalue weighted by Crippen LogP contribution is -2.42. The fraction of sp³-hybridized carbons (Fsp3) is 0.333. The molecule has 96 valence electrons. The van der Waals surface area contributed by atoms with Crippen molar-refractivity contribution < 1.29 is 10.2 Å². The first kappa shape index (κ1) is 12.5. The first-order valence-corrected chi connectivity index (χ1v) is 5.53. The van der Waals surface area contributed by atoms with Gasteiger partial charge in [-0.05, 0) is 12.1 Å². The van der Waals surface area contributed by atoms with Gasteiger partial charge in [0.1, 0.15) is 0 Å². The smallest absolute Gasteiger partial charge is 0.331 e. The lowest BCUT2D eigenvalue weighted by Gasteiger charge is -2.12. The van der Waals surface area contributed by atoms with Crippen LogP contribution in [0.15, 0.2) is 33.9 Å². The molecule has 0 saturated carbocycles. The van der Waals surface area contributed by atoms with Crippen LogP contribution >= 0.6 is 0 Å². The number of benzene rings is 1. The van der Waals surface area contributed by atoms with Gasteiger partial charge in [0.25, 0.3) is 5.56 Å². The van der Waals surface area contributed by atoms with Crippen LogP contribution < -0.4 is 11.2 Å². The van der Waals surface area contributed by atoms with Crippen LogP contribution in [-0.2, 0) is 13.6 Å². The number of hydrogen-bond acceptors (Lipinski definition) is 4. The highest BCUT2D eigenvalue weighted by Crippen LogP contribution is 2.05. The Kier molecular flexibility index (Phi) is 3.31. The quantitative estimate of drug-likeness (QED) is 0.736. The van der Waals surface area contributed by atoms with E-state index >= 15 is 0 Å². The summed E-state index contributed by atoms with van der Waals surface area (Å²) in [5.74, 6) is 0. The lowest BCUT2D eigenvalue weighted by molar-refractivity contribution is 0.0792. The number of hydrogen-bond donors (Lipinski definition) is 2. The summed E-state index contributed by atoms with van der Waals surface area (Å²) in [7, 11) is 1.56. The number of aliphatic hydroxyl groups is 2. The topological polar surface area (TPSA) is 84.5 Å². The van der Waals surface area contributed by atoms with Gasteiger partial charge in [0.2, 0.25) is 0 Å². The van der Waals surface area contributed by atoms with Crippen LogP contribution in [0.5, 0.6) is 0 Å². The van der Waals surface area contributed by atoms with Gasteiger partial charge in [0.15, 0.2) is 0 Å². The average molecular weight is 250 g/mol. The highest BCUT2D eigenvalue weighted by molar-refractivity contribution is 5.77. The van der Waals surface area contributed by atoms with Crippen LogP contribution in [0.2, 0.25) is 0 Å². The highest BCUT2D eigenvalue weighted by Gasteiger charge is 2.13. The third-order valence-corrected chi connectivity index (χ3v) is 2.86. The molecule has 0 aliphatic rings. The van der Waals surface area contributed by atoms with Crippen LogP contribution in [0.25, 0.3) is 10.9 Å². The largest absolute Gasteiger partial charge is 0.394 e. The maximum absolute atomic E-state index is 12.1. The Labute approximate surface area is 102 Å². The maximum atomic E-state index is 12.1. The number of nitrogens with zero attached hydrogens (tertiary/aromatic N) is 2. The predicted octanol–water partition coefficient (Wildman–Crippen LogP) is -0.947. The first-order chi connectivity index (χ1) is 8.56. The third-order valence-electron chi connectivity index (χ3n) is 2.86. The number of aliphatic hydroxyl groups excluding tert-OH is 2. The zero-order chi connectivity index (χ0) is 13.3. The van der Waals surface area contributed by atoms with Gasteiger partial charge in [-0.25, -0.2) is 4.79 Å². The Balaban J connectivity index is 2.75. The fourth-order valence-electron chi connectivity index (χ4n) is 1.89. The fourth-order valence-corrected chi connectivity index (χ4v) is 1.89. The van der Waals surface area contributed by atoms with Crippen molar-refractivity contribution in [3.63, 3.8) is 0 Å². The lowest BCUT2D eigenvalue weighted by atomic mass is 10.2. The van der Waals surface area contributed by atoms with Crippen molar-refractivity contribution in [3.05, 3.63) is 45.1 Å². The summed E-state index contributed by atoms with van der Waals surface area (Å²) in [5.41, 5.74) is -0.422. The van der Waals surface area contributed by atoms with Gasteiger partial charge in [-0.3, -0.25) is 13.9 Å². The van der Waals surface area contributed by atoms with Crippen molar-refractivity contribution >= 4 is 10.9 Å². The molecule has 0 aliphatic carbocycles. The first-order valence-electron chi connectivity index (χ1n) is 5.53. The molecule has 0 aliphatic heterocycles. The van der Waals surface area contributed by atoms with E-state index in [1.165, 1.54) is 4.57 Å². The van der Waals surface area contributed by atoms with Crippen molar-refractivity contribution in [2.75, 3.05) is 6.61 Å². The summed E-state index contributed by atoms with van der Waals surface area (Å²) >= 11 is 0. The summed E-state index contributed by atoms with van der Waals surface area (Å²) in [5, 5.41) is 18.6. The van der Waals surface area contributed by atoms with Gasteiger partial charge in [-0.1, -0.05) is 12.1 Å². The van der Waals surface area contributed by atoms with Gasteiger partial charge < -0.3 is 10.2 Å². The summed E-state index contributed by atoms with van der Waals surface area (Å²) in [6, 6.07) is 6.76. The Morgan fingerprint density at radius 1 is 1.28 bits per heavy atom. The average Bonchev–Trinajstić information content (AvgIpc) is 2.40.